The number of rotatable bonds is 9. The van der Waals surface area contributed by atoms with E-state index in [0.29, 0.717) is 19.4 Å². The highest BCUT2D eigenvalue weighted by Gasteiger charge is 2.43. The van der Waals surface area contributed by atoms with Crippen molar-refractivity contribution in [3.8, 4) is 11.1 Å². The highest BCUT2D eigenvalue weighted by atomic mass is 19.4. The van der Waals surface area contributed by atoms with Crippen molar-refractivity contribution in [3.63, 3.8) is 0 Å². The molecule has 8 heteroatoms. The topological polar surface area (TPSA) is 52.7 Å². The van der Waals surface area contributed by atoms with Gasteiger partial charge in [-0.3, -0.25) is 9.59 Å². The number of carbonyl (C=O) groups is 2. The number of anilines is 1. The van der Waals surface area contributed by atoms with Gasteiger partial charge in [-0.25, -0.2) is 0 Å². The third-order valence-electron chi connectivity index (χ3n) is 10.1. The van der Waals surface area contributed by atoms with Gasteiger partial charge >= 0.3 is 6.18 Å². The minimum atomic E-state index is -4.50. The van der Waals surface area contributed by atoms with Gasteiger partial charge < -0.3 is 15.1 Å². The minimum Gasteiger partial charge on any atom is -0.351 e. The molecule has 4 atom stereocenters. The van der Waals surface area contributed by atoms with E-state index in [-0.39, 0.29) is 30.5 Å². The molecule has 0 spiro atoms. The summed E-state index contributed by atoms with van der Waals surface area (Å²) >= 11 is 0. The number of halogens is 3. The van der Waals surface area contributed by atoms with Crippen LogP contribution in [0.5, 0.6) is 0 Å². The molecular formula is C38H44F3N3O2. The minimum absolute atomic E-state index is 0.0530. The van der Waals surface area contributed by atoms with Crippen LogP contribution in [0.25, 0.3) is 11.1 Å². The van der Waals surface area contributed by atoms with Gasteiger partial charge in [0.25, 0.3) is 0 Å². The maximum absolute atomic E-state index is 14.3. The van der Waals surface area contributed by atoms with Gasteiger partial charge in [0, 0.05) is 30.3 Å². The first-order chi connectivity index (χ1) is 22.3. The molecule has 3 aromatic rings. The Balaban J connectivity index is 1.34. The summed E-state index contributed by atoms with van der Waals surface area (Å²) in [6.45, 7) is 1.38. The lowest BCUT2D eigenvalue weighted by Crippen LogP contribution is -2.53. The van der Waals surface area contributed by atoms with Crippen LogP contribution in [0.3, 0.4) is 0 Å². The van der Waals surface area contributed by atoms with E-state index in [9.17, 15) is 22.8 Å². The SMILES string of the molecule is CCCCN(CC(F)(F)F)C(=O)C1c2ccccc2-c2cccc(N3CCCCC3NC(=O)C3CCCCC3c3ccccc3)c21. The van der Waals surface area contributed by atoms with Crippen molar-refractivity contribution in [1.82, 2.24) is 10.2 Å². The molecule has 6 rings (SSSR count). The van der Waals surface area contributed by atoms with Crippen LogP contribution in [-0.4, -0.2) is 48.7 Å². The van der Waals surface area contributed by atoms with Crippen molar-refractivity contribution in [1.29, 1.82) is 0 Å². The summed E-state index contributed by atoms with van der Waals surface area (Å²) in [5, 5.41) is 3.42. The number of benzene rings is 3. The van der Waals surface area contributed by atoms with Gasteiger partial charge in [-0.1, -0.05) is 92.9 Å². The molecular weight excluding hydrogens is 587 g/mol. The van der Waals surface area contributed by atoms with Crippen molar-refractivity contribution in [3.05, 3.63) is 89.5 Å². The van der Waals surface area contributed by atoms with E-state index in [0.717, 1.165) is 77.8 Å². The lowest BCUT2D eigenvalue weighted by molar-refractivity contribution is -0.161. The number of carbonyl (C=O) groups excluding carboxylic acids is 2. The van der Waals surface area contributed by atoms with Crippen LogP contribution < -0.4 is 10.2 Å². The molecule has 2 amide bonds. The van der Waals surface area contributed by atoms with Crippen LogP contribution in [0.4, 0.5) is 18.9 Å². The van der Waals surface area contributed by atoms with E-state index in [1.54, 1.807) is 0 Å². The van der Waals surface area contributed by atoms with Crippen molar-refractivity contribution < 1.29 is 22.8 Å². The smallest absolute Gasteiger partial charge is 0.351 e. The molecule has 4 unspecified atom stereocenters. The van der Waals surface area contributed by atoms with Gasteiger partial charge in [0.2, 0.25) is 11.8 Å². The number of hydrogen-bond donors (Lipinski definition) is 1. The summed E-state index contributed by atoms with van der Waals surface area (Å²) in [4.78, 5) is 31.5. The normalized spacial score (nSPS) is 22.6. The molecule has 5 nitrogen and oxygen atoms in total. The number of piperidine rings is 1. The summed E-state index contributed by atoms with van der Waals surface area (Å²) in [5.41, 5.74) is 5.27. The zero-order valence-electron chi connectivity index (χ0n) is 26.6. The fourth-order valence-corrected chi connectivity index (χ4v) is 7.95. The van der Waals surface area contributed by atoms with E-state index < -0.39 is 24.5 Å². The lowest BCUT2D eigenvalue weighted by atomic mass is 9.75. The largest absolute Gasteiger partial charge is 0.406 e. The van der Waals surface area contributed by atoms with Gasteiger partial charge in [-0.15, -0.1) is 0 Å². The molecule has 2 fully saturated rings. The number of nitrogens with one attached hydrogen (secondary N) is 1. The zero-order valence-corrected chi connectivity index (χ0v) is 26.6. The first kappa shape index (κ1) is 32.1. The third kappa shape index (κ3) is 6.67. The summed E-state index contributed by atoms with van der Waals surface area (Å²) in [6.07, 6.45) is 3.03. The van der Waals surface area contributed by atoms with Gasteiger partial charge in [0.15, 0.2) is 0 Å². The molecule has 1 saturated carbocycles. The third-order valence-corrected chi connectivity index (χ3v) is 10.1. The standard InChI is InChI=1S/C38H44F3N3O2/c1-2-3-23-43(25-38(39,40)41)37(46)35-30-18-9-8-17-28(30)29-20-13-21-32(34(29)35)44-24-12-11-22-33(44)42-36(45)31-19-10-7-16-27(31)26-14-5-4-6-15-26/h4-6,8-9,13-15,17-18,20-21,27,31,33,35H,2-3,7,10-12,16,19,22-25H2,1H3,(H,42,45). The van der Waals surface area contributed by atoms with Crippen LogP contribution in [-0.2, 0) is 9.59 Å². The molecule has 1 heterocycles. The molecule has 0 radical (unpaired) electrons. The van der Waals surface area contributed by atoms with Gasteiger partial charge in [-0.2, -0.15) is 13.2 Å². The van der Waals surface area contributed by atoms with E-state index in [2.05, 4.69) is 22.3 Å². The fraction of sp³-hybridized carbons (Fsp3) is 0.474. The molecule has 3 aliphatic rings. The van der Waals surface area contributed by atoms with Crippen molar-refractivity contribution in [2.45, 2.75) is 88.9 Å². The quantitative estimate of drug-likeness (QED) is 0.258. The summed E-state index contributed by atoms with van der Waals surface area (Å²) in [7, 11) is 0. The Kier molecular flexibility index (Phi) is 9.71. The highest BCUT2D eigenvalue weighted by Crippen LogP contribution is 2.50. The first-order valence-electron chi connectivity index (χ1n) is 17.0. The van der Waals surface area contributed by atoms with Gasteiger partial charge in [0.05, 0.1) is 5.92 Å². The maximum Gasteiger partial charge on any atom is 0.406 e. The molecule has 2 aliphatic carbocycles. The van der Waals surface area contributed by atoms with Crippen LogP contribution in [0.15, 0.2) is 72.8 Å². The number of alkyl halides is 3. The molecule has 1 saturated heterocycles. The monoisotopic (exact) mass is 631 g/mol. The van der Waals surface area contributed by atoms with Crippen molar-refractivity contribution in [2.75, 3.05) is 24.5 Å². The summed E-state index contributed by atoms with van der Waals surface area (Å²) < 4.78 is 41.3. The first-order valence-corrected chi connectivity index (χ1v) is 17.0. The second-order valence-corrected chi connectivity index (χ2v) is 13.1. The Morgan fingerprint density at radius 2 is 1.59 bits per heavy atom. The Labute approximate surface area is 270 Å². The zero-order chi connectivity index (χ0) is 32.3. The number of hydrogen-bond acceptors (Lipinski definition) is 3. The van der Waals surface area contributed by atoms with Crippen LogP contribution in [0, 0.1) is 5.92 Å². The van der Waals surface area contributed by atoms with Crippen LogP contribution >= 0.6 is 0 Å². The molecule has 0 aromatic heterocycles. The average molecular weight is 632 g/mol. The predicted octanol–water partition coefficient (Wildman–Crippen LogP) is 8.40. The van der Waals surface area contributed by atoms with Crippen molar-refractivity contribution >= 4 is 17.5 Å². The summed E-state index contributed by atoms with van der Waals surface area (Å²) in [6, 6.07) is 23.8. The lowest BCUT2D eigenvalue weighted by Gasteiger charge is -2.41. The molecule has 1 aliphatic heterocycles. The van der Waals surface area contributed by atoms with Crippen LogP contribution in [0.2, 0.25) is 0 Å². The second-order valence-electron chi connectivity index (χ2n) is 13.1. The maximum atomic E-state index is 14.3. The number of amides is 2. The number of unbranched alkanes of at least 4 members (excludes halogenated alkanes) is 1. The Morgan fingerprint density at radius 1 is 0.870 bits per heavy atom. The van der Waals surface area contributed by atoms with Crippen molar-refractivity contribution in [2.24, 2.45) is 5.92 Å². The van der Waals surface area contributed by atoms with E-state index in [1.165, 1.54) is 5.56 Å². The number of fused-ring (bicyclic) bond motifs is 3. The highest BCUT2D eigenvalue weighted by molar-refractivity contribution is 5.99. The van der Waals surface area contributed by atoms with Gasteiger partial charge in [-0.05, 0) is 72.8 Å². The Bertz CT molecular complexity index is 1530. The average Bonchev–Trinajstić information content (AvgIpc) is 3.41. The molecule has 244 valence electrons. The Hall–Kier alpha value is -3.81. The fourth-order valence-electron chi connectivity index (χ4n) is 7.95. The Morgan fingerprint density at radius 3 is 2.37 bits per heavy atom. The van der Waals surface area contributed by atoms with E-state index >= 15 is 0 Å². The molecule has 3 aromatic carbocycles. The summed E-state index contributed by atoms with van der Waals surface area (Å²) in [5.74, 6) is -1.25. The molecule has 0 bridgehead atoms. The van der Waals surface area contributed by atoms with Crippen LogP contribution in [0.1, 0.15) is 93.2 Å². The second kappa shape index (κ2) is 13.9. The van der Waals surface area contributed by atoms with E-state index in [4.69, 9.17) is 0 Å². The van der Waals surface area contributed by atoms with E-state index in [1.807, 2.05) is 67.6 Å². The predicted molar refractivity (Wildman–Crippen MR) is 176 cm³/mol. The van der Waals surface area contributed by atoms with Gasteiger partial charge in [0.1, 0.15) is 12.7 Å². The number of nitrogens with zero attached hydrogens (tertiary/aromatic N) is 2. The molecule has 46 heavy (non-hydrogen) atoms. The molecule has 1 N–H and O–H groups in total.